The first-order valence-corrected chi connectivity index (χ1v) is 7.84. The molecule has 104 valence electrons. The van der Waals surface area contributed by atoms with E-state index in [0.29, 0.717) is 5.92 Å². The number of nitrogens with two attached hydrogens (primary N) is 1. The molecule has 5 nitrogen and oxygen atoms in total. The molecule has 1 amide bonds. The molecule has 1 unspecified atom stereocenters. The Labute approximate surface area is 117 Å². The summed E-state index contributed by atoms with van der Waals surface area (Å²) in [5.41, 5.74) is 0.237. The largest absolute Gasteiger partial charge is 0.349 e. The lowest BCUT2D eigenvalue weighted by molar-refractivity contribution is 0.0935. The SMILES string of the molecule is CC(NC(=O)c1ccc(Cl)c(S(N)(=O)=O)c1)C1CC1. The van der Waals surface area contributed by atoms with E-state index in [9.17, 15) is 13.2 Å². The van der Waals surface area contributed by atoms with Crippen LogP contribution in [0.1, 0.15) is 30.1 Å². The van der Waals surface area contributed by atoms with Crippen LogP contribution < -0.4 is 10.5 Å². The van der Waals surface area contributed by atoms with E-state index in [0.717, 1.165) is 12.8 Å². The molecule has 1 fully saturated rings. The van der Waals surface area contributed by atoms with Crippen molar-refractivity contribution >= 4 is 27.5 Å². The Morgan fingerprint density at radius 1 is 1.47 bits per heavy atom. The van der Waals surface area contributed by atoms with Gasteiger partial charge in [0.1, 0.15) is 4.90 Å². The Bertz CT molecular complexity index is 611. The monoisotopic (exact) mass is 302 g/mol. The minimum atomic E-state index is -3.93. The number of halogens is 1. The van der Waals surface area contributed by atoms with Crippen LogP contribution in [0.25, 0.3) is 0 Å². The number of carbonyl (C=O) groups excluding carboxylic acids is 1. The van der Waals surface area contributed by atoms with Gasteiger partial charge in [-0.25, -0.2) is 13.6 Å². The molecule has 3 N–H and O–H groups in total. The van der Waals surface area contributed by atoms with Gasteiger partial charge in [0, 0.05) is 11.6 Å². The molecule has 1 aromatic carbocycles. The van der Waals surface area contributed by atoms with Gasteiger partial charge in [-0.15, -0.1) is 0 Å². The standard InChI is InChI=1S/C12H15ClN2O3S/c1-7(8-2-3-8)15-12(16)9-4-5-10(13)11(6-9)19(14,17)18/h4-8H,2-3H2,1H3,(H,15,16)(H2,14,17,18). The normalized spacial score (nSPS) is 17.0. The van der Waals surface area contributed by atoms with Crippen molar-refractivity contribution < 1.29 is 13.2 Å². The maximum absolute atomic E-state index is 12.0. The lowest BCUT2D eigenvalue weighted by Crippen LogP contribution is -2.34. The molecule has 0 bridgehead atoms. The van der Waals surface area contributed by atoms with Crippen molar-refractivity contribution in [1.29, 1.82) is 0 Å². The van der Waals surface area contributed by atoms with E-state index in [4.69, 9.17) is 16.7 Å². The van der Waals surface area contributed by atoms with Crippen molar-refractivity contribution in [2.45, 2.75) is 30.7 Å². The highest BCUT2D eigenvalue weighted by Gasteiger charge is 2.29. The van der Waals surface area contributed by atoms with E-state index in [1.165, 1.54) is 18.2 Å². The second-order valence-corrected chi connectivity index (χ2v) is 6.73. The molecule has 1 saturated carbocycles. The van der Waals surface area contributed by atoms with Gasteiger partial charge in [-0.2, -0.15) is 0 Å². The van der Waals surface area contributed by atoms with Crippen LogP contribution in [0, 0.1) is 5.92 Å². The average molecular weight is 303 g/mol. The summed E-state index contributed by atoms with van der Waals surface area (Å²) in [6, 6.07) is 4.12. The van der Waals surface area contributed by atoms with Crippen LogP contribution in [0.15, 0.2) is 23.1 Å². The lowest BCUT2D eigenvalue weighted by atomic mass is 10.1. The molecule has 1 aromatic rings. The molecule has 1 aliphatic rings. The Morgan fingerprint density at radius 2 is 2.11 bits per heavy atom. The smallest absolute Gasteiger partial charge is 0.251 e. The first-order valence-electron chi connectivity index (χ1n) is 5.92. The molecule has 19 heavy (non-hydrogen) atoms. The van der Waals surface area contributed by atoms with Crippen molar-refractivity contribution in [2.24, 2.45) is 11.1 Å². The molecule has 0 saturated heterocycles. The number of amides is 1. The molecule has 0 aliphatic heterocycles. The molecule has 1 atom stereocenters. The fourth-order valence-corrected chi connectivity index (χ4v) is 2.94. The third-order valence-electron chi connectivity index (χ3n) is 3.19. The lowest BCUT2D eigenvalue weighted by Gasteiger charge is -2.13. The maximum Gasteiger partial charge on any atom is 0.251 e. The van der Waals surface area contributed by atoms with Crippen LogP contribution in [0.5, 0.6) is 0 Å². The number of nitrogens with one attached hydrogen (secondary N) is 1. The maximum atomic E-state index is 12.0. The number of benzene rings is 1. The summed E-state index contributed by atoms with van der Waals surface area (Å²) >= 11 is 5.76. The average Bonchev–Trinajstić information content (AvgIpc) is 3.11. The molecular weight excluding hydrogens is 288 g/mol. The van der Waals surface area contributed by atoms with E-state index in [1.807, 2.05) is 6.92 Å². The molecule has 0 spiro atoms. The Kier molecular flexibility index (Phi) is 3.85. The summed E-state index contributed by atoms with van der Waals surface area (Å²) in [5, 5.41) is 7.89. The van der Waals surface area contributed by atoms with Gasteiger partial charge < -0.3 is 5.32 Å². The summed E-state index contributed by atoms with van der Waals surface area (Å²) < 4.78 is 22.7. The zero-order valence-electron chi connectivity index (χ0n) is 10.4. The molecule has 0 radical (unpaired) electrons. The number of rotatable bonds is 4. The highest BCUT2D eigenvalue weighted by Crippen LogP contribution is 2.32. The Balaban J connectivity index is 2.22. The minimum Gasteiger partial charge on any atom is -0.349 e. The van der Waals surface area contributed by atoms with Crippen LogP contribution in [0.4, 0.5) is 0 Å². The molecular formula is C12H15ClN2O3S. The topological polar surface area (TPSA) is 89.3 Å². The molecule has 1 aliphatic carbocycles. The van der Waals surface area contributed by atoms with Crippen LogP contribution in [-0.2, 0) is 10.0 Å². The predicted octanol–water partition coefficient (Wildman–Crippen LogP) is 1.52. The van der Waals surface area contributed by atoms with E-state index in [2.05, 4.69) is 5.32 Å². The van der Waals surface area contributed by atoms with Crippen molar-refractivity contribution in [3.05, 3.63) is 28.8 Å². The van der Waals surface area contributed by atoms with Gasteiger partial charge in [-0.05, 0) is 43.9 Å². The van der Waals surface area contributed by atoms with E-state index in [-0.39, 0.29) is 27.4 Å². The molecule has 7 heteroatoms. The van der Waals surface area contributed by atoms with Gasteiger partial charge >= 0.3 is 0 Å². The van der Waals surface area contributed by atoms with Gasteiger partial charge in [0.25, 0.3) is 5.91 Å². The van der Waals surface area contributed by atoms with Crippen molar-refractivity contribution in [1.82, 2.24) is 5.32 Å². The third kappa shape index (κ3) is 3.46. The fourth-order valence-electron chi connectivity index (χ4n) is 1.87. The number of hydrogen-bond acceptors (Lipinski definition) is 3. The first-order chi connectivity index (χ1) is 8.79. The zero-order valence-corrected chi connectivity index (χ0v) is 12.0. The van der Waals surface area contributed by atoms with Crippen molar-refractivity contribution in [2.75, 3.05) is 0 Å². The van der Waals surface area contributed by atoms with Crippen molar-refractivity contribution in [3.8, 4) is 0 Å². The summed E-state index contributed by atoms with van der Waals surface area (Å²) in [4.78, 5) is 11.8. The van der Waals surface area contributed by atoms with Crippen LogP contribution in [0.3, 0.4) is 0 Å². The summed E-state index contributed by atoms with van der Waals surface area (Å²) in [7, 11) is -3.93. The zero-order chi connectivity index (χ0) is 14.2. The highest BCUT2D eigenvalue weighted by molar-refractivity contribution is 7.89. The van der Waals surface area contributed by atoms with Crippen LogP contribution in [-0.4, -0.2) is 20.4 Å². The molecule has 0 heterocycles. The van der Waals surface area contributed by atoms with E-state index >= 15 is 0 Å². The van der Waals surface area contributed by atoms with Crippen LogP contribution in [0.2, 0.25) is 5.02 Å². The summed E-state index contributed by atoms with van der Waals surface area (Å²) in [6.45, 7) is 1.94. The summed E-state index contributed by atoms with van der Waals surface area (Å²) in [5.74, 6) is 0.204. The van der Waals surface area contributed by atoms with E-state index < -0.39 is 10.0 Å². The minimum absolute atomic E-state index is 0.00860. The first kappa shape index (κ1) is 14.3. The molecule has 2 rings (SSSR count). The highest BCUT2D eigenvalue weighted by atomic mass is 35.5. The van der Waals surface area contributed by atoms with Gasteiger partial charge in [0.05, 0.1) is 5.02 Å². The second kappa shape index (κ2) is 5.11. The Hall–Kier alpha value is -1.11. The number of sulfonamides is 1. The van der Waals surface area contributed by atoms with E-state index in [1.54, 1.807) is 0 Å². The van der Waals surface area contributed by atoms with Gasteiger partial charge in [0.2, 0.25) is 10.0 Å². The molecule has 0 aromatic heterocycles. The number of primary sulfonamides is 1. The Morgan fingerprint density at radius 3 is 2.63 bits per heavy atom. The van der Waals surface area contributed by atoms with Gasteiger partial charge in [-0.1, -0.05) is 11.6 Å². The number of carbonyl (C=O) groups is 1. The van der Waals surface area contributed by atoms with Gasteiger partial charge in [0.15, 0.2) is 0 Å². The third-order valence-corrected chi connectivity index (χ3v) is 4.58. The fraction of sp³-hybridized carbons (Fsp3) is 0.417. The predicted molar refractivity (Wildman–Crippen MR) is 72.5 cm³/mol. The second-order valence-electron chi connectivity index (χ2n) is 4.79. The van der Waals surface area contributed by atoms with Crippen molar-refractivity contribution in [3.63, 3.8) is 0 Å². The summed E-state index contributed by atoms with van der Waals surface area (Å²) in [6.07, 6.45) is 2.23. The quantitative estimate of drug-likeness (QED) is 0.883. The van der Waals surface area contributed by atoms with Gasteiger partial charge in [-0.3, -0.25) is 4.79 Å². The number of hydrogen-bond donors (Lipinski definition) is 2. The van der Waals surface area contributed by atoms with Crippen LogP contribution >= 0.6 is 11.6 Å².